The molecule has 360 valence electrons. The molecule has 0 aromatic heterocycles. The molecule has 2 aromatic rings. The molecular weight excluding hydrogens is 946 g/mol. The van der Waals surface area contributed by atoms with Gasteiger partial charge in [-0.3, -0.25) is 0 Å². The van der Waals surface area contributed by atoms with Crippen LogP contribution >= 0.6 is 0 Å². The molecule has 0 aliphatic carbocycles. The van der Waals surface area contributed by atoms with E-state index in [0.29, 0.717) is 0 Å². The molecule has 0 heterocycles. The third kappa shape index (κ3) is 40.6. The van der Waals surface area contributed by atoms with Crippen LogP contribution in [0, 0.1) is 0 Å². The van der Waals surface area contributed by atoms with Crippen LogP contribution in [0.1, 0.15) is 269 Å². The molecule has 0 aliphatic rings. The van der Waals surface area contributed by atoms with Gasteiger partial charge in [0.1, 0.15) is 20.2 Å². The first kappa shape index (κ1) is 62.8. The number of aryl methyl sites for hydroxylation is 2. The van der Waals surface area contributed by atoms with Crippen molar-refractivity contribution in [2.75, 3.05) is 0 Å². The van der Waals surface area contributed by atoms with Crippen molar-refractivity contribution in [3.8, 4) is 0 Å². The summed E-state index contributed by atoms with van der Waals surface area (Å²) in [5.41, 5.74) is 2.22. The van der Waals surface area contributed by atoms with E-state index in [4.69, 9.17) is 0 Å². The van der Waals surface area contributed by atoms with Gasteiger partial charge < -0.3 is 9.11 Å². The average molecular weight is 1040 g/mol. The Kier molecular flexibility index (Phi) is 44.2. The molecule has 0 saturated heterocycles. The van der Waals surface area contributed by atoms with Gasteiger partial charge in [0.05, 0.1) is 9.79 Å². The summed E-state index contributed by atoms with van der Waals surface area (Å²) < 4.78 is 65.6. The molecule has 0 spiro atoms. The van der Waals surface area contributed by atoms with Gasteiger partial charge in [-0.1, -0.05) is 269 Å². The van der Waals surface area contributed by atoms with Gasteiger partial charge in [0.25, 0.3) is 0 Å². The molecule has 2 aromatic carbocycles. The van der Waals surface area contributed by atoms with Gasteiger partial charge >= 0.3 is 48.9 Å². The fourth-order valence-corrected chi connectivity index (χ4v) is 9.40. The molecule has 0 radical (unpaired) electrons. The second kappa shape index (κ2) is 44.3. The van der Waals surface area contributed by atoms with E-state index in [1.165, 1.54) is 255 Å². The molecule has 0 N–H and O–H groups in total. The fourth-order valence-electron chi connectivity index (χ4n) is 8.46. The van der Waals surface area contributed by atoms with Crippen LogP contribution < -0.4 is 0 Å². The first-order chi connectivity index (χ1) is 30.1. The predicted molar refractivity (Wildman–Crippen MR) is 269 cm³/mol. The molecule has 63 heavy (non-hydrogen) atoms. The Labute approximate surface area is 431 Å². The summed E-state index contributed by atoms with van der Waals surface area (Å²) in [6.07, 6.45) is 54.3. The van der Waals surface area contributed by atoms with E-state index in [1.807, 2.05) is 0 Å². The molecule has 0 aliphatic heterocycles. The summed E-state index contributed by atoms with van der Waals surface area (Å²) >= 11 is 0. The van der Waals surface area contributed by atoms with E-state index in [9.17, 15) is 25.9 Å². The molecule has 0 atom stereocenters. The Morgan fingerprint density at radius 1 is 0.286 bits per heavy atom. The van der Waals surface area contributed by atoms with Crippen LogP contribution in [-0.2, 0) is 33.1 Å². The SMILES string of the molecule is CCCCCCCCCCCCCCCCCCCCCc1ccc(S(=O)(=O)[O-])cc1.CCCCCCCCCCCCCCCCCCCCCc1ccc(S(=O)(=O)[O-])cc1.[Ba+2]. The van der Waals surface area contributed by atoms with Crippen LogP contribution in [0.2, 0.25) is 0 Å². The van der Waals surface area contributed by atoms with Crippen molar-refractivity contribution in [1.82, 2.24) is 0 Å². The zero-order valence-electron chi connectivity index (χ0n) is 40.9. The summed E-state index contributed by atoms with van der Waals surface area (Å²) in [7, 11) is -8.65. The van der Waals surface area contributed by atoms with Crippen LogP contribution in [0.5, 0.6) is 0 Å². The molecule has 2 rings (SSSR count). The topological polar surface area (TPSA) is 114 Å². The van der Waals surface area contributed by atoms with E-state index in [2.05, 4.69) is 13.8 Å². The zero-order chi connectivity index (χ0) is 45.3. The second-order valence-corrected chi connectivity index (χ2v) is 21.2. The van der Waals surface area contributed by atoms with E-state index >= 15 is 0 Å². The van der Waals surface area contributed by atoms with Crippen LogP contribution in [0.15, 0.2) is 58.3 Å². The number of unbranched alkanes of at least 4 members (excludes halogenated alkanes) is 36. The maximum atomic E-state index is 10.9. The van der Waals surface area contributed by atoms with Crippen molar-refractivity contribution in [2.45, 2.75) is 280 Å². The number of rotatable bonds is 42. The van der Waals surface area contributed by atoms with Crippen LogP contribution in [0.3, 0.4) is 0 Å². The molecule has 0 saturated carbocycles. The standard InChI is InChI=1S/2C27H48O3S.Ba/c2*1-2-3-4-5-6-7-8-9-10-11-12-13-14-15-16-17-18-19-20-21-26-22-24-27(25-23-26)31(28,29)30;/h2*22-25H,2-21H2,1H3,(H,28,29,30);/q;;+2/p-2. The Bertz CT molecular complexity index is 1370. The number of benzene rings is 2. The average Bonchev–Trinajstić information content (AvgIpc) is 3.25. The summed E-state index contributed by atoms with van der Waals surface area (Å²) in [6.45, 7) is 4.56. The Morgan fingerprint density at radius 2 is 0.444 bits per heavy atom. The van der Waals surface area contributed by atoms with Crippen LogP contribution in [0.4, 0.5) is 0 Å². The quantitative estimate of drug-likeness (QED) is 0.0372. The van der Waals surface area contributed by atoms with Gasteiger partial charge in [0.2, 0.25) is 0 Å². The fraction of sp³-hybridized carbons (Fsp3) is 0.778. The number of hydrogen-bond donors (Lipinski definition) is 0. The van der Waals surface area contributed by atoms with Gasteiger partial charge in [0, 0.05) is 0 Å². The van der Waals surface area contributed by atoms with E-state index in [-0.39, 0.29) is 58.7 Å². The monoisotopic (exact) mass is 1040 g/mol. The maximum Gasteiger partial charge on any atom is 2.00 e. The third-order valence-corrected chi connectivity index (χ3v) is 14.3. The summed E-state index contributed by atoms with van der Waals surface area (Å²) in [5.74, 6) is 0. The summed E-state index contributed by atoms with van der Waals surface area (Å²) in [4.78, 5) is -0.270. The normalized spacial score (nSPS) is 11.6. The minimum atomic E-state index is -4.32. The Morgan fingerprint density at radius 3 is 0.603 bits per heavy atom. The Hall–Kier alpha value is -0.169. The van der Waals surface area contributed by atoms with E-state index in [0.717, 1.165) is 36.8 Å². The zero-order valence-corrected chi connectivity index (χ0v) is 46.9. The first-order valence-electron chi connectivity index (χ1n) is 26.2. The van der Waals surface area contributed by atoms with Crippen molar-refractivity contribution >= 4 is 69.1 Å². The van der Waals surface area contributed by atoms with Gasteiger partial charge in [-0.15, -0.1) is 0 Å². The van der Waals surface area contributed by atoms with Crippen LogP contribution in [0.25, 0.3) is 0 Å². The van der Waals surface area contributed by atoms with Crippen molar-refractivity contribution < 1.29 is 25.9 Å². The largest absolute Gasteiger partial charge is 2.00 e. The molecule has 0 amide bonds. The van der Waals surface area contributed by atoms with Gasteiger partial charge in [0.15, 0.2) is 0 Å². The summed E-state index contributed by atoms with van der Waals surface area (Å²) in [5, 5.41) is 0. The van der Waals surface area contributed by atoms with Gasteiger partial charge in [-0.25, -0.2) is 16.8 Å². The Balaban J connectivity index is 0.00000120. The van der Waals surface area contributed by atoms with Gasteiger partial charge in [-0.2, -0.15) is 0 Å². The maximum absolute atomic E-state index is 10.9. The van der Waals surface area contributed by atoms with Crippen molar-refractivity contribution in [3.05, 3.63) is 59.7 Å². The predicted octanol–water partition coefficient (Wildman–Crippen LogP) is 16.7. The van der Waals surface area contributed by atoms with Gasteiger partial charge in [-0.05, 0) is 61.1 Å². The van der Waals surface area contributed by atoms with Crippen molar-refractivity contribution in [1.29, 1.82) is 0 Å². The number of hydrogen-bond acceptors (Lipinski definition) is 6. The molecular formula is C54H94BaO6S2. The third-order valence-electron chi connectivity index (χ3n) is 12.6. The minimum absolute atomic E-state index is 0. The molecule has 0 bridgehead atoms. The molecule has 9 heteroatoms. The van der Waals surface area contributed by atoms with Crippen LogP contribution in [-0.4, -0.2) is 74.8 Å². The minimum Gasteiger partial charge on any atom is -0.744 e. The molecule has 6 nitrogen and oxygen atoms in total. The van der Waals surface area contributed by atoms with E-state index in [1.54, 1.807) is 24.3 Å². The van der Waals surface area contributed by atoms with Crippen molar-refractivity contribution in [3.63, 3.8) is 0 Å². The smallest absolute Gasteiger partial charge is 0.744 e. The second-order valence-electron chi connectivity index (χ2n) is 18.4. The first-order valence-corrected chi connectivity index (χ1v) is 29.0. The molecule has 0 fully saturated rings. The van der Waals surface area contributed by atoms with E-state index < -0.39 is 20.2 Å². The summed E-state index contributed by atoms with van der Waals surface area (Å²) in [6, 6.07) is 12.7. The molecule has 0 unspecified atom stereocenters. The van der Waals surface area contributed by atoms with Crippen molar-refractivity contribution in [2.24, 2.45) is 0 Å².